The Labute approximate surface area is 209 Å². The molecule has 186 valence electrons. The summed E-state index contributed by atoms with van der Waals surface area (Å²) >= 11 is 12.3. The Balaban J connectivity index is 1.60. The number of hydrogen-bond donors (Lipinski definition) is 0. The lowest BCUT2D eigenvalue weighted by atomic mass is 9.93. The number of likely N-dealkylation sites (N-methyl/N-ethyl adjacent to an activating group) is 1. The predicted molar refractivity (Wildman–Crippen MR) is 123 cm³/mol. The average Bonchev–Trinajstić information content (AvgIpc) is 3.41. The second-order valence-corrected chi connectivity index (χ2v) is 9.42. The summed E-state index contributed by atoms with van der Waals surface area (Å²) < 4.78 is 57.9. The van der Waals surface area contributed by atoms with Gasteiger partial charge < -0.3 is 9.42 Å². The van der Waals surface area contributed by atoms with Crippen LogP contribution in [0.2, 0.25) is 10.0 Å². The van der Waals surface area contributed by atoms with Crippen molar-refractivity contribution in [2.24, 2.45) is 0 Å². The molecule has 0 spiro atoms. The van der Waals surface area contributed by atoms with E-state index in [1.807, 2.05) is 11.0 Å². The van der Waals surface area contributed by atoms with Crippen molar-refractivity contribution < 1.29 is 26.9 Å². The molecular weight excluding hydrogens is 509 g/mol. The fourth-order valence-corrected chi connectivity index (χ4v) is 4.70. The zero-order valence-corrected chi connectivity index (χ0v) is 20.3. The Bertz CT molecular complexity index is 1250. The first-order valence-corrected chi connectivity index (χ1v) is 11.4. The van der Waals surface area contributed by atoms with Gasteiger partial charge in [-0.15, -0.1) is 0 Å². The molecule has 0 bridgehead atoms. The molecule has 1 fully saturated rings. The number of alkyl halides is 3. The molecule has 0 aliphatic carbocycles. The maximum atomic E-state index is 14.1. The number of carbonyl (C=O) groups excluding carboxylic acids is 1. The first kappa shape index (κ1) is 25.5. The Morgan fingerprint density at radius 3 is 2.49 bits per heavy atom. The van der Waals surface area contributed by atoms with Gasteiger partial charge in [0.2, 0.25) is 0 Å². The van der Waals surface area contributed by atoms with Gasteiger partial charge in [-0.3, -0.25) is 9.69 Å². The smallest absolute Gasteiger partial charge is 0.361 e. The van der Waals surface area contributed by atoms with Gasteiger partial charge in [-0.05, 0) is 49.4 Å². The number of rotatable bonds is 5. The lowest BCUT2D eigenvalue weighted by Crippen LogP contribution is -2.38. The van der Waals surface area contributed by atoms with Gasteiger partial charge in [-0.25, -0.2) is 4.39 Å². The normalized spacial score (nSPS) is 18.5. The van der Waals surface area contributed by atoms with Crippen molar-refractivity contribution in [1.29, 1.82) is 0 Å². The third-order valence-electron chi connectivity index (χ3n) is 6.13. The second-order valence-electron chi connectivity index (χ2n) is 8.61. The van der Waals surface area contributed by atoms with E-state index in [2.05, 4.69) is 5.16 Å². The molecule has 2 atom stereocenters. The maximum absolute atomic E-state index is 14.1. The van der Waals surface area contributed by atoms with Gasteiger partial charge in [-0.1, -0.05) is 40.5 Å². The van der Waals surface area contributed by atoms with E-state index in [9.17, 15) is 22.4 Å². The number of amides is 1. The predicted octanol–water partition coefficient (Wildman–Crippen LogP) is 6.19. The van der Waals surface area contributed by atoms with Crippen LogP contribution in [0.25, 0.3) is 0 Å². The highest BCUT2D eigenvalue weighted by Gasteiger charge is 2.40. The number of benzene rings is 2. The highest BCUT2D eigenvalue weighted by molar-refractivity contribution is 6.42. The van der Waals surface area contributed by atoms with Crippen molar-refractivity contribution in [3.63, 3.8) is 0 Å². The van der Waals surface area contributed by atoms with Gasteiger partial charge >= 0.3 is 6.18 Å². The van der Waals surface area contributed by atoms with Crippen LogP contribution < -0.4 is 0 Å². The van der Waals surface area contributed by atoms with Crippen LogP contribution in [-0.2, 0) is 12.7 Å². The fourth-order valence-electron chi connectivity index (χ4n) is 4.39. The number of likely N-dealkylation sites (tertiary alicyclic amines) is 1. The van der Waals surface area contributed by atoms with Gasteiger partial charge in [0.15, 0.2) is 5.69 Å². The summed E-state index contributed by atoms with van der Waals surface area (Å²) in [7, 11) is 1.78. The molecule has 2 heterocycles. The van der Waals surface area contributed by atoms with E-state index in [0.717, 1.165) is 17.7 Å². The summed E-state index contributed by atoms with van der Waals surface area (Å²) in [6, 6.07) is 9.44. The molecule has 2 unspecified atom stereocenters. The van der Waals surface area contributed by atoms with Gasteiger partial charge in [0.25, 0.3) is 5.91 Å². The first-order valence-electron chi connectivity index (χ1n) is 10.7. The van der Waals surface area contributed by atoms with E-state index in [4.69, 9.17) is 27.7 Å². The van der Waals surface area contributed by atoms with E-state index in [1.165, 1.54) is 6.07 Å². The largest absolute Gasteiger partial charge is 0.419 e. The highest BCUT2D eigenvalue weighted by Crippen LogP contribution is 2.36. The maximum Gasteiger partial charge on any atom is 0.419 e. The summed E-state index contributed by atoms with van der Waals surface area (Å²) in [4.78, 5) is 16.6. The third-order valence-corrected chi connectivity index (χ3v) is 6.87. The van der Waals surface area contributed by atoms with Gasteiger partial charge in [-0.2, -0.15) is 13.2 Å². The molecule has 0 N–H and O–H groups in total. The Morgan fingerprint density at radius 2 is 1.89 bits per heavy atom. The summed E-state index contributed by atoms with van der Waals surface area (Å²) in [5.74, 6) is -1.31. The standard InChI is InChI=1S/C24H21Cl2F4N3O2/c1-13-7-21(31-35-13)23(34)33-11-16(15-4-6-18(25)19(26)9-15)22(12-33)32(2)10-14-3-5-17(20(27)8-14)24(28,29)30/h3-9,16,22H,10-12H2,1-2H3. The molecule has 1 aromatic heterocycles. The number of carbonyl (C=O) groups is 1. The molecule has 4 rings (SSSR count). The fraction of sp³-hybridized carbons (Fsp3) is 0.333. The first-order chi connectivity index (χ1) is 16.4. The molecule has 0 radical (unpaired) electrons. The van der Waals surface area contributed by atoms with Crippen LogP contribution in [0.4, 0.5) is 17.6 Å². The average molecular weight is 530 g/mol. The Hall–Kier alpha value is -2.62. The monoisotopic (exact) mass is 529 g/mol. The zero-order chi connectivity index (χ0) is 25.5. The van der Waals surface area contributed by atoms with Crippen LogP contribution in [0.15, 0.2) is 47.0 Å². The topological polar surface area (TPSA) is 49.6 Å². The summed E-state index contributed by atoms with van der Waals surface area (Å²) in [5.41, 5.74) is 0.103. The minimum absolute atomic E-state index is 0.169. The van der Waals surface area contributed by atoms with E-state index < -0.39 is 17.6 Å². The van der Waals surface area contributed by atoms with Crippen LogP contribution in [-0.4, -0.2) is 47.0 Å². The van der Waals surface area contributed by atoms with Crippen LogP contribution in [0, 0.1) is 12.7 Å². The zero-order valence-electron chi connectivity index (χ0n) is 18.7. The summed E-state index contributed by atoms with van der Waals surface area (Å²) in [6.45, 7) is 2.52. The molecule has 5 nitrogen and oxygen atoms in total. The highest BCUT2D eigenvalue weighted by atomic mass is 35.5. The molecule has 2 aromatic carbocycles. The molecule has 1 aliphatic heterocycles. The quantitative estimate of drug-likeness (QED) is 0.370. The van der Waals surface area contributed by atoms with Crippen LogP contribution in [0.5, 0.6) is 0 Å². The van der Waals surface area contributed by atoms with Crippen molar-refractivity contribution in [3.05, 3.63) is 86.5 Å². The molecule has 1 saturated heterocycles. The lowest BCUT2D eigenvalue weighted by Gasteiger charge is -2.29. The van der Waals surface area contributed by atoms with E-state index >= 15 is 0 Å². The number of nitrogens with zero attached hydrogens (tertiary/aromatic N) is 3. The van der Waals surface area contributed by atoms with Crippen LogP contribution >= 0.6 is 23.2 Å². The van der Waals surface area contributed by atoms with Gasteiger partial charge in [0.05, 0.1) is 15.6 Å². The van der Waals surface area contributed by atoms with Crippen LogP contribution in [0.1, 0.15) is 38.9 Å². The third kappa shape index (κ3) is 5.47. The number of hydrogen-bond acceptors (Lipinski definition) is 4. The minimum Gasteiger partial charge on any atom is -0.361 e. The molecule has 0 saturated carbocycles. The van der Waals surface area contributed by atoms with Gasteiger partial charge in [0.1, 0.15) is 11.6 Å². The van der Waals surface area contributed by atoms with E-state index in [0.29, 0.717) is 34.5 Å². The molecule has 1 amide bonds. The Kier molecular flexibility index (Phi) is 7.13. The number of aromatic nitrogens is 1. The van der Waals surface area contributed by atoms with Crippen molar-refractivity contribution in [2.45, 2.75) is 31.6 Å². The van der Waals surface area contributed by atoms with Crippen molar-refractivity contribution in [2.75, 3.05) is 20.1 Å². The molecule has 1 aliphatic rings. The lowest BCUT2D eigenvalue weighted by molar-refractivity contribution is -0.140. The minimum atomic E-state index is -4.76. The van der Waals surface area contributed by atoms with Crippen molar-refractivity contribution >= 4 is 29.1 Å². The van der Waals surface area contributed by atoms with E-state index in [1.54, 1.807) is 37.1 Å². The summed E-state index contributed by atoms with van der Waals surface area (Å²) in [6.07, 6.45) is -4.76. The van der Waals surface area contributed by atoms with Crippen LogP contribution in [0.3, 0.4) is 0 Å². The molecule has 3 aromatic rings. The number of halogens is 6. The molecular formula is C24H21Cl2F4N3O2. The van der Waals surface area contributed by atoms with Gasteiger partial charge in [0, 0.05) is 37.7 Å². The van der Waals surface area contributed by atoms with Crippen molar-refractivity contribution in [1.82, 2.24) is 15.0 Å². The van der Waals surface area contributed by atoms with Crippen molar-refractivity contribution in [3.8, 4) is 0 Å². The molecule has 35 heavy (non-hydrogen) atoms. The SMILES string of the molecule is Cc1cc(C(=O)N2CC(c3ccc(Cl)c(Cl)c3)C(N(C)Cc3ccc(C(F)(F)F)c(F)c3)C2)no1. The van der Waals surface area contributed by atoms with E-state index in [-0.39, 0.29) is 30.1 Å². The molecule has 11 heteroatoms. The summed E-state index contributed by atoms with van der Waals surface area (Å²) in [5, 5.41) is 4.57. The number of aryl methyl sites for hydroxylation is 1. The Morgan fingerprint density at radius 1 is 1.14 bits per heavy atom. The second kappa shape index (κ2) is 9.79.